The van der Waals surface area contributed by atoms with Crippen LogP contribution < -0.4 is 69.3 Å². The Hall–Kier alpha value is -0.370. The third kappa shape index (κ3) is 10.1. The molecule has 0 spiro atoms. The molecule has 0 saturated carbocycles. The van der Waals surface area contributed by atoms with Gasteiger partial charge in [-0.25, -0.2) is 4.79 Å². The van der Waals surface area contributed by atoms with E-state index in [0.29, 0.717) is 6.42 Å². The molecule has 1 rings (SSSR count). The summed E-state index contributed by atoms with van der Waals surface area (Å²) in [6.07, 6.45) is 7.49. The van der Waals surface area contributed by atoms with Crippen LogP contribution in [-0.4, -0.2) is 24.5 Å². The van der Waals surface area contributed by atoms with Crippen LogP contribution in [0.25, 0.3) is 0 Å². The predicted molar refractivity (Wildman–Crippen MR) is 83.4 cm³/mol. The molecule has 1 aromatic carbocycles. The van der Waals surface area contributed by atoms with Crippen molar-refractivity contribution in [1.29, 1.82) is 0 Å². The van der Waals surface area contributed by atoms with Crippen LogP contribution in [0.2, 0.25) is 0 Å². The smallest absolute Gasteiger partial charge is 0.545 e. The molecule has 0 radical (unpaired) electrons. The zero-order valence-electron chi connectivity index (χ0n) is 15.8. The fourth-order valence-corrected chi connectivity index (χ4v) is 2.32. The second kappa shape index (κ2) is 15.7. The molecule has 26 heavy (non-hydrogen) atoms. The van der Waals surface area contributed by atoms with Crippen molar-refractivity contribution >= 4 is 17.9 Å². The zero-order chi connectivity index (χ0) is 17.9. The van der Waals surface area contributed by atoms with E-state index < -0.39 is 23.5 Å². The van der Waals surface area contributed by atoms with E-state index in [1.807, 2.05) is 0 Å². The van der Waals surface area contributed by atoms with Crippen molar-refractivity contribution in [2.45, 2.75) is 51.9 Å². The Balaban J connectivity index is 0. The van der Waals surface area contributed by atoms with Gasteiger partial charge in [-0.3, -0.25) is 0 Å². The van der Waals surface area contributed by atoms with Gasteiger partial charge in [-0.05, 0) is 24.1 Å². The number of unbranched alkanes of at least 4 members (excludes halogenated alkanes) is 6. The quantitative estimate of drug-likeness (QED) is 0.217. The molecule has 132 valence electrons. The molecule has 0 heterocycles. The predicted octanol–water partition coefficient (Wildman–Crippen LogP) is -4.67. The third-order valence-electron chi connectivity index (χ3n) is 3.68. The number of hydrogen-bond donors (Lipinski definition) is 0. The van der Waals surface area contributed by atoms with Gasteiger partial charge in [0.2, 0.25) is 0 Å². The van der Waals surface area contributed by atoms with E-state index in [9.17, 15) is 24.6 Å². The van der Waals surface area contributed by atoms with Crippen molar-refractivity contribution in [2.24, 2.45) is 0 Å². The zero-order valence-corrected chi connectivity index (χ0v) is 19.8. The molecule has 8 heteroatoms. The number of aromatic carboxylic acids is 2. The van der Waals surface area contributed by atoms with Crippen LogP contribution >= 0.6 is 0 Å². The maximum absolute atomic E-state index is 11.9. The van der Waals surface area contributed by atoms with Gasteiger partial charge in [0, 0.05) is 5.56 Å². The number of carboxylic acid groups (broad SMARTS) is 2. The van der Waals surface area contributed by atoms with Crippen molar-refractivity contribution in [3.8, 4) is 0 Å². The number of ether oxygens (including phenoxy) is 1. The van der Waals surface area contributed by atoms with Crippen LogP contribution in [-0.2, 0) is 4.74 Å². The Kier molecular flexibility index (Phi) is 16.8. The van der Waals surface area contributed by atoms with Gasteiger partial charge in [0.15, 0.2) is 0 Å². The van der Waals surface area contributed by atoms with Gasteiger partial charge < -0.3 is 24.5 Å². The van der Waals surface area contributed by atoms with Crippen LogP contribution in [0, 0.1) is 0 Å². The number of carbonyl (C=O) groups is 3. The average Bonchev–Trinajstić information content (AvgIpc) is 2.56. The summed E-state index contributed by atoms with van der Waals surface area (Å²) < 4.78 is 5.05. The van der Waals surface area contributed by atoms with E-state index in [1.165, 1.54) is 19.3 Å². The first-order valence-electron chi connectivity index (χ1n) is 8.21. The number of benzene rings is 1. The second-order valence-corrected chi connectivity index (χ2v) is 5.59. The molecule has 0 amide bonds. The van der Waals surface area contributed by atoms with E-state index in [0.717, 1.165) is 37.5 Å². The van der Waals surface area contributed by atoms with Crippen molar-refractivity contribution in [2.75, 3.05) is 6.61 Å². The van der Waals surface area contributed by atoms with Crippen molar-refractivity contribution in [1.82, 2.24) is 0 Å². The van der Waals surface area contributed by atoms with Crippen LogP contribution in [0.15, 0.2) is 18.2 Å². The van der Waals surface area contributed by atoms with Gasteiger partial charge >= 0.3 is 65.1 Å². The molecular weight excluding hydrogens is 358 g/mol. The average molecular weight is 380 g/mol. The van der Waals surface area contributed by atoms with Gasteiger partial charge in [0.25, 0.3) is 0 Å². The Bertz CT molecular complexity index is 589. The third-order valence-corrected chi connectivity index (χ3v) is 3.68. The molecule has 0 fully saturated rings. The topological polar surface area (TPSA) is 107 Å². The summed E-state index contributed by atoms with van der Waals surface area (Å²) in [5.41, 5.74) is -1.07. The largest absolute Gasteiger partial charge is 1.00 e. The number of esters is 1. The van der Waals surface area contributed by atoms with E-state index >= 15 is 0 Å². The monoisotopic (exact) mass is 380 g/mol. The normalized spacial score (nSPS) is 9.58. The summed E-state index contributed by atoms with van der Waals surface area (Å²) in [6.45, 7) is 2.35. The summed E-state index contributed by atoms with van der Waals surface area (Å²) in [5.74, 6) is -3.97. The molecule has 0 saturated heterocycles. The van der Waals surface area contributed by atoms with Gasteiger partial charge in [-0.15, -0.1) is 0 Å². The minimum Gasteiger partial charge on any atom is -0.545 e. The Morgan fingerprint density at radius 2 is 1.42 bits per heavy atom. The number of carboxylic acids is 2. The molecule has 0 bridgehead atoms. The van der Waals surface area contributed by atoms with Crippen LogP contribution in [0.4, 0.5) is 0 Å². The van der Waals surface area contributed by atoms with Crippen molar-refractivity contribution < 1.29 is 88.4 Å². The van der Waals surface area contributed by atoms with Crippen molar-refractivity contribution in [3.05, 3.63) is 34.9 Å². The first kappa shape index (κ1) is 27.8. The summed E-state index contributed by atoms with van der Waals surface area (Å²) in [5, 5.41) is 21.8. The van der Waals surface area contributed by atoms with E-state index in [4.69, 9.17) is 4.74 Å². The Morgan fingerprint density at radius 3 is 1.96 bits per heavy atom. The fraction of sp³-hybridized carbons (Fsp3) is 0.500. The molecule has 0 N–H and O–H groups in total. The number of carbonyl (C=O) groups excluding carboxylic acids is 3. The van der Waals surface area contributed by atoms with Crippen molar-refractivity contribution in [3.63, 3.8) is 0 Å². The number of rotatable bonds is 11. The summed E-state index contributed by atoms with van der Waals surface area (Å²) in [7, 11) is 0. The minimum absolute atomic E-state index is 0. The first-order valence-corrected chi connectivity index (χ1v) is 8.21. The molecule has 0 atom stereocenters. The molecule has 1 aromatic rings. The molecule has 0 aliphatic heterocycles. The van der Waals surface area contributed by atoms with Crippen LogP contribution in [0.5, 0.6) is 0 Å². The Labute approximate surface area is 198 Å². The molecule has 6 nitrogen and oxygen atoms in total. The van der Waals surface area contributed by atoms with Crippen LogP contribution in [0.1, 0.15) is 82.9 Å². The van der Waals surface area contributed by atoms with E-state index in [-0.39, 0.29) is 76.8 Å². The number of hydrogen-bond acceptors (Lipinski definition) is 6. The second-order valence-electron chi connectivity index (χ2n) is 5.59. The van der Waals surface area contributed by atoms with Gasteiger partial charge in [-0.1, -0.05) is 51.5 Å². The van der Waals surface area contributed by atoms with Crippen LogP contribution in [0.3, 0.4) is 0 Å². The van der Waals surface area contributed by atoms with Gasteiger partial charge in [0.1, 0.15) is 0 Å². The van der Waals surface area contributed by atoms with Gasteiger partial charge in [-0.2, -0.15) is 0 Å². The maximum Gasteiger partial charge on any atom is 1.00 e. The SMILES string of the molecule is CCCCCCCCCOC(=O)c1ccc(C(=O)[O-])cc1C(=O)[O-].[Na+].[Na+]. The standard InChI is InChI=1S/C18H24O6.2Na/c1-2-3-4-5-6-7-8-11-24-18(23)14-10-9-13(16(19)20)12-15(14)17(21)22;;/h9-10,12H,2-8,11H2,1H3,(H,19,20)(H,21,22);;/q;2*+1/p-2. The first-order chi connectivity index (χ1) is 11.5. The van der Waals surface area contributed by atoms with E-state index in [1.54, 1.807) is 0 Å². The summed E-state index contributed by atoms with van der Waals surface area (Å²) in [4.78, 5) is 33.8. The fourth-order valence-electron chi connectivity index (χ4n) is 2.32. The maximum atomic E-state index is 11.9. The summed E-state index contributed by atoms with van der Waals surface area (Å²) in [6, 6.07) is 3.05. The molecule has 0 aliphatic carbocycles. The Morgan fingerprint density at radius 1 is 0.846 bits per heavy atom. The molecular formula is C18H22Na2O6. The van der Waals surface area contributed by atoms with Gasteiger partial charge in [0.05, 0.1) is 24.1 Å². The molecule has 0 aliphatic rings. The molecule has 0 aromatic heterocycles. The minimum atomic E-state index is -1.64. The van der Waals surface area contributed by atoms with E-state index in [2.05, 4.69) is 6.92 Å². The summed E-state index contributed by atoms with van der Waals surface area (Å²) >= 11 is 0. The molecule has 0 unspecified atom stereocenters.